The number of nitrogens with zero attached hydrogens (tertiary/aromatic N) is 2. The van der Waals surface area contributed by atoms with Gasteiger partial charge in [0.05, 0.1) is 10.2 Å². The van der Waals surface area contributed by atoms with Crippen molar-refractivity contribution in [2.45, 2.75) is 13.8 Å². The molecule has 2 heterocycles. The molecule has 0 atom stereocenters. The van der Waals surface area contributed by atoms with Gasteiger partial charge in [-0.3, -0.25) is 19.4 Å². The fourth-order valence-electron chi connectivity index (χ4n) is 3.20. The second kappa shape index (κ2) is 6.28. The largest absolute Gasteiger partial charge is 0.299 e. The molecule has 0 saturated heterocycles. The third-order valence-electron chi connectivity index (χ3n) is 4.59. The van der Waals surface area contributed by atoms with Crippen LogP contribution in [0.5, 0.6) is 0 Å². The number of hydrogen-bond acceptors (Lipinski definition) is 4. The molecular weight excluding hydrogens is 365 g/mol. The Hall–Kier alpha value is -3.06. The van der Waals surface area contributed by atoms with E-state index in [1.807, 2.05) is 13.0 Å². The third-order valence-corrected chi connectivity index (χ3v) is 5.66. The highest BCUT2D eigenvalue weighted by Gasteiger charge is 2.22. The van der Waals surface area contributed by atoms with Crippen LogP contribution in [0.25, 0.3) is 20.8 Å². The Balaban J connectivity index is 1.85. The van der Waals surface area contributed by atoms with Crippen LogP contribution in [0.3, 0.4) is 0 Å². The van der Waals surface area contributed by atoms with Crippen LogP contribution in [-0.4, -0.2) is 20.5 Å². The van der Waals surface area contributed by atoms with Crippen LogP contribution in [0.1, 0.15) is 27.2 Å². The van der Waals surface area contributed by atoms with Crippen LogP contribution >= 0.6 is 11.3 Å². The number of fused-ring (bicyclic) bond motifs is 1. The molecule has 0 fully saturated rings. The van der Waals surface area contributed by atoms with Gasteiger partial charge in [0, 0.05) is 23.9 Å². The lowest BCUT2D eigenvalue weighted by molar-refractivity contribution is 0.103. The van der Waals surface area contributed by atoms with Crippen molar-refractivity contribution < 1.29 is 9.18 Å². The minimum absolute atomic E-state index is 0.139. The molecule has 0 bridgehead atoms. The lowest BCUT2D eigenvalue weighted by atomic mass is 9.99. The van der Waals surface area contributed by atoms with E-state index in [1.165, 1.54) is 28.2 Å². The number of halogens is 1. The van der Waals surface area contributed by atoms with E-state index in [2.05, 4.69) is 10.1 Å². The molecule has 4 aromatic rings. The highest BCUT2D eigenvalue weighted by molar-refractivity contribution is 7.21. The quantitative estimate of drug-likeness (QED) is 0.546. The minimum atomic E-state index is -0.351. The van der Waals surface area contributed by atoms with Crippen molar-refractivity contribution in [2.24, 2.45) is 7.05 Å². The summed E-state index contributed by atoms with van der Waals surface area (Å²) in [6.45, 7) is 3.52. The topological polar surface area (TPSA) is 67.8 Å². The molecule has 0 unspecified atom stereocenters. The zero-order valence-electron chi connectivity index (χ0n) is 15.0. The van der Waals surface area contributed by atoms with Crippen molar-refractivity contribution in [3.63, 3.8) is 0 Å². The van der Waals surface area contributed by atoms with Gasteiger partial charge in [-0.2, -0.15) is 0 Å². The minimum Gasteiger partial charge on any atom is -0.299 e. The number of aryl methyl sites for hydroxylation is 3. The van der Waals surface area contributed by atoms with Gasteiger partial charge in [-0.25, -0.2) is 9.37 Å². The average Bonchev–Trinajstić information content (AvgIpc) is 3.17. The van der Waals surface area contributed by atoms with Gasteiger partial charge in [0.1, 0.15) is 16.4 Å². The first-order chi connectivity index (χ1) is 12.9. The van der Waals surface area contributed by atoms with E-state index >= 15 is 0 Å². The van der Waals surface area contributed by atoms with E-state index < -0.39 is 0 Å². The summed E-state index contributed by atoms with van der Waals surface area (Å²) in [6.07, 6.45) is 0. The molecule has 0 saturated carbocycles. The Kier molecular flexibility index (Phi) is 4.04. The van der Waals surface area contributed by atoms with Crippen LogP contribution in [0.15, 0.2) is 41.2 Å². The lowest BCUT2D eigenvalue weighted by Gasteiger charge is -2.04. The standard InChI is InChI=1S/C20H16FN3O2S/c1-10-14(18(25)16-11(2)23-24(3)20(16)26)7-8-15-17(10)22-19(27-15)12-5-4-6-13(21)9-12/h4-9,23H,1-3H3. The number of H-pyrrole nitrogens is 1. The Morgan fingerprint density at radius 1 is 1.22 bits per heavy atom. The van der Waals surface area contributed by atoms with Gasteiger partial charge < -0.3 is 0 Å². The van der Waals surface area contributed by atoms with Crippen molar-refractivity contribution in [3.05, 3.63) is 75.0 Å². The predicted molar refractivity (Wildman–Crippen MR) is 104 cm³/mol. The van der Waals surface area contributed by atoms with Gasteiger partial charge in [0.2, 0.25) is 5.78 Å². The first-order valence-corrected chi connectivity index (χ1v) is 9.15. The van der Waals surface area contributed by atoms with Crippen LogP contribution in [0.2, 0.25) is 0 Å². The van der Waals surface area contributed by atoms with Gasteiger partial charge in [0.15, 0.2) is 0 Å². The number of carbonyl (C=O) groups is 1. The molecule has 0 radical (unpaired) electrons. The number of rotatable bonds is 3. The highest BCUT2D eigenvalue weighted by atomic mass is 32.1. The van der Waals surface area contributed by atoms with Gasteiger partial charge in [-0.1, -0.05) is 12.1 Å². The number of ketones is 1. The van der Waals surface area contributed by atoms with Gasteiger partial charge in [-0.05, 0) is 43.7 Å². The first kappa shape index (κ1) is 17.4. The fraction of sp³-hybridized carbons (Fsp3) is 0.150. The Bertz CT molecular complexity index is 1270. The lowest BCUT2D eigenvalue weighted by Crippen LogP contribution is -2.20. The maximum Gasteiger partial charge on any atom is 0.277 e. The van der Waals surface area contributed by atoms with Gasteiger partial charge >= 0.3 is 0 Å². The molecule has 0 amide bonds. The summed E-state index contributed by atoms with van der Waals surface area (Å²) in [7, 11) is 1.58. The molecule has 2 aromatic carbocycles. The zero-order valence-corrected chi connectivity index (χ0v) is 15.8. The molecule has 0 aliphatic rings. The van der Waals surface area contributed by atoms with E-state index in [0.717, 1.165) is 4.70 Å². The molecule has 0 aliphatic heterocycles. The Morgan fingerprint density at radius 2 is 2.00 bits per heavy atom. The number of aromatic amines is 1. The summed E-state index contributed by atoms with van der Waals surface area (Å²) in [5.41, 5.74) is 2.85. The summed E-state index contributed by atoms with van der Waals surface area (Å²) in [5, 5.41) is 3.53. The molecule has 4 rings (SSSR count). The summed E-state index contributed by atoms with van der Waals surface area (Å²) in [5.74, 6) is -0.646. The van der Waals surface area contributed by atoms with Crippen LogP contribution in [-0.2, 0) is 7.05 Å². The number of aromatic nitrogens is 3. The second-order valence-electron chi connectivity index (χ2n) is 6.42. The number of benzene rings is 2. The molecule has 0 spiro atoms. The normalized spacial score (nSPS) is 11.3. The predicted octanol–water partition coefficient (Wildman–Crippen LogP) is 3.98. The molecule has 136 valence electrons. The molecule has 27 heavy (non-hydrogen) atoms. The summed E-state index contributed by atoms with van der Waals surface area (Å²) in [4.78, 5) is 29.9. The molecule has 7 heteroatoms. The van der Waals surface area contributed by atoms with Crippen molar-refractivity contribution in [3.8, 4) is 10.6 Å². The Labute approximate surface area is 158 Å². The van der Waals surface area contributed by atoms with Crippen molar-refractivity contribution in [1.29, 1.82) is 0 Å². The van der Waals surface area contributed by atoms with Gasteiger partial charge in [-0.15, -0.1) is 11.3 Å². The fourth-order valence-corrected chi connectivity index (χ4v) is 4.23. The van der Waals surface area contributed by atoms with Gasteiger partial charge in [0.25, 0.3) is 5.56 Å². The van der Waals surface area contributed by atoms with Crippen LogP contribution in [0, 0.1) is 19.7 Å². The zero-order chi connectivity index (χ0) is 19.3. The van der Waals surface area contributed by atoms with E-state index in [4.69, 9.17) is 0 Å². The number of thiazole rings is 1. The van der Waals surface area contributed by atoms with Crippen molar-refractivity contribution in [1.82, 2.24) is 14.8 Å². The highest BCUT2D eigenvalue weighted by Crippen LogP contribution is 2.33. The molecule has 2 aromatic heterocycles. The second-order valence-corrected chi connectivity index (χ2v) is 7.45. The number of hydrogen-bond donors (Lipinski definition) is 1. The monoisotopic (exact) mass is 381 g/mol. The molecular formula is C20H16FN3O2S. The Morgan fingerprint density at radius 3 is 2.67 bits per heavy atom. The van der Waals surface area contributed by atoms with Crippen molar-refractivity contribution >= 4 is 27.3 Å². The summed E-state index contributed by atoms with van der Waals surface area (Å²) >= 11 is 1.44. The van der Waals surface area contributed by atoms with Crippen molar-refractivity contribution in [2.75, 3.05) is 0 Å². The summed E-state index contributed by atoms with van der Waals surface area (Å²) in [6, 6.07) is 9.81. The SMILES string of the molecule is Cc1[nH]n(C)c(=O)c1C(=O)c1ccc2sc(-c3cccc(F)c3)nc2c1C. The maximum absolute atomic E-state index is 13.5. The van der Waals surface area contributed by atoms with Crippen LogP contribution < -0.4 is 5.56 Å². The van der Waals surface area contributed by atoms with E-state index in [9.17, 15) is 14.0 Å². The third kappa shape index (κ3) is 2.80. The number of carbonyl (C=O) groups excluding carboxylic acids is 1. The molecule has 5 nitrogen and oxygen atoms in total. The molecule has 1 N–H and O–H groups in total. The smallest absolute Gasteiger partial charge is 0.277 e. The average molecular weight is 381 g/mol. The van der Waals surface area contributed by atoms with Crippen LogP contribution in [0.4, 0.5) is 4.39 Å². The first-order valence-electron chi connectivity index (χ1n) is 8.33. The number of nitrogens with one attached hydrogen (secondary N) is 1. The van der Waals surface area contributed by atoms with E-state index in [0.29, 0.717) is 32.9 Å². The summed E-state index contributed by atoms with van der Waals surface area (Å²) < 4.78 is 15.7. The van der Waals surface area contributed by atoms with E-state index in [1.54, 1.807) is 32.2 Å². The molecule has 0 aliphatic carbocycles. The maximum atomic E-state index is 13.5. The van der Waals surface area contributed by atoms with E-state index in [-0.39, 0.29) is 22.7 Å².